The number of anilines is 1. The van der Waals surface area contributed by atoms with E-state index >= 15 is 0 Å². The molecule has 3 heterocycles. The van der Waals surface area contributed by atoms with Crippen LogP contribution in [-0.4, -0.2) is 43.8 Å². The molecule has 0 radical (unpaired) electrons. The highest BCUT2D eigenvalue weighted by molar-refractivity contribution is 7.20. The molecule has 1 aromatic carbocycles. The molecule has 0 amide bonds. The number of aliphatic hydroxyl groups is 1. The SMILES string of the molecule is CCc1cc(=O)n2nc(NCc3ccccc3CN3CCC(O)CC3)sc2n1. The van der Waals surface area contributed by atoms with Gasteiger partial charge >= 0.3 is 0 Å². The maximum atomic E-state index is 12.2. The lowest BCUT2D eigenvalue weighted by Crippen LogP contribution is -2.35. The van der Waals surface area contributed by atoms with Crippen LogP contribution in [0.4, 0.5) is 5.13 Å². The van der Waals surface area contributed by atoms with Crippen LogP contribution in [0, 0.1) is 0 Å². The van der Waals surface area contributed by atoms with Gasteiger partial charge in [-0.05, 0) is 30.4 Å². The van der Waals surface area contributed by atoms with E-state index in [1.807, 2.05) is 13.0 Å². The summed E-state index contributed by atoms with van der Waals surface area (Å²) in [6, 6.07) is 9.92. The van der Waals surface area contributed by atoms with E-state index in [-0.39, 0.29) is 11.7 Å². The van der Waals surface area contributed by atoms with Crippen molar-refractivity contribution in [3.8, 4) is 0 Å². The minimum absolute atomic E-state index is 0.140. The molecule has 1 aliphatic heterocycles. The number of benzene rings is 1. The fourth-order valence-electron chi connectivity index (χ4n) is 3.48. The van der Waals surface area contributed by atoms with Crippen molar-refractivity contribution in [1.82, 2.24) is 19.5 Å². The summed E-state index contributed by atoms with van der Waals surface area (Å²) in [5.74, 6) is 0. The lowest BCUT2D eigenvalue weighted by Gasteiger charge is -2.30. The van der Waals surface area contributed by atoms with Gasteiger partial charge in [-0.3, -0.25) is 9.69 Å². The van der Waals surface area contributed by atoms with E-state index in [2.05, 4.69) is 38.5 Å². The van der Waals surface area contributed by atoms with Crippen molar-refractivity contribution in [2.24, 2.45) is 0 Å². The Bertz CT molecular complexity index is 1010. The summed E-state index contributed by atoms with van der Waals surface area (Å²) in [6.45, 7) is 5.36. The number of rotatable bonds is 6. The molecule has 7 nitrogen and oxygen atoms in total. The summed E-state index contributed by atoms with van der Waals surface area (Å²) in [7, 11) is 0. The Morgan fingerprint density at radius 3 is 2.75 bits per heavy atom. The largest absolute Gasteiger partial charge is 0.393 e. The fraction of sp³-hybridized carbons (Fsp3) is 0.450. The fourth-order valence-corrected chi connectivity index (χ4v) is 4.30. The third-order valence-corrected chi connectivity index (χ3v) is 6.03. The predicted octanol–water partition coefficient (Wildman–Crippen LogP) is 2.28. The topological polar surface area (TPSA) is 82.8 Å². The Hall–Kier alpha value is -2.29. The average molecular weight is 400 g/mol. The number of nitrogens with zero attached hydrogens (tertiary/aromatic N) is 4. The van der Waals surface area contributed by atoms with Gasteiger partial charge < -0.3 is 10.4 Å². The first-order valence-electron chi connectivity index (χ1n) is 9.73. The molecule has 2 aromatic heterocycles. The summed E-state index contributed by atoms with van der Waals surface area (Å²) in [5, 5.41) is 18.1. The quantitative estimate of drug-likeness (QED) is 0.662. The van der Waals surface area contributed by atoms with Crippen molar-refractivity contribution in [2.75, 3.05) is 18.4 Å². The maximum Gasteiger partial charge on any atom is 0.275 e. The summed E-state index contributed by atoms with van der Waals surface area (Å²) in [5.41, 5.74) is 3.13. The van der Waals surface area contributed by atoms with Gasteiger partial charge in [-0.1, -0.05) is 42.5 Å². The Morgan fingerprint density at radius 1 is 1.25 bits per heavy atom. The molecule has 1 saturated heterocycles. The van der Waals surface area contributed by atoms with Crippen molar-refractivity contribution in [3.05, 3.63) is 57.5 Å². The van der Waals surface area contributed by atoms with E-state index in [1.54, 1.807) is 6.07 Å². The van der Waals surface area contributed by atoms with Gasteiger partial charge in [0.1, 0.15) is 0 Å². The highest BCUT2D eigenvalue weighted by Gasteiger charge is 2.18. The first kappa shape index (κ1) is 19.0. The second-order valence-electron chi connectivity index (χ2n) is 7.17. The van der Waals surface area contributed by atoms with E-state index in [0.29, 0.717) is 16.6 Å². The molecule has 4 rings (SSSR count). The van der Waals surface area contributed by atoms with Gasteiger partial charge in [-0.2, -0.15) is 4.52 Å². The van der Waals surface area contributed by atoms with Crippen LogP contribution in [-0.2, 0) is 19.5 Å². The molecular formula is C20H25N5O2S. The standard InChI is InChI=1S/C20H25N5O2S/c1-2-16-11-18(27)25-20(22-16)28-19(23-25)21-12-14-5-3-4-6-15(14)13-24-9-7-17(26)8-10-24/h3-6,11,17,26H,2,7-10,12-13H2,1H3,(H,21,23). The lowest BCUT2D eigenvalue weighted by molar-refractivity contribution is 0.0791. The average Bonchev–Trinajstić information content (AvgIpc) is 3.12. The Labute approximate surface area is 167 Å². The second kappa shape index (κ2) is 8.38. The number of fused-ring (bicyclic) bond motifs is 1. The third-order valence-electron chi connectivity index (χ3n) is 5.16. The number of hydrogen-bond donors (Lipinski definition) is 2. The van der Waals surface area contributed by atoms with Crippen molar-refractivity contribution in [1.29, 1.82) is 0 Å². The molecule has 1 fully saturated rings. The van der Waals surface area contributed by atoms with Gasteiger partial charge in [0.15, 0.2) is 0 Å². The van der Waals surface area contributed by atoms with Gasteiger partial charge in [0.05, 0.1) is 6.10 Å². The molecule has 1 aliphatic rings. The molecule has 0 spiro atoms. The molecule has 0 aliphatic carbocycles. The Balaban J connectivity index is 1.47. The summed E-state index contributed by atoms with van der Waals surface area (Å²) < 4.78 is 1.36. The molecule has 8 heteroatoms. The summed E-state index contributed by atoms with van der Waals surface area (Å²) >= 11 is 1.39. The zero-order valence-corrected chi connectivity index (χ0v) is 16.8. The van der Waals surface area contributed by atoms with E-state index in [4.69, 9.17) is 0 Å². The molecule has 3 aromatic rings. The van der Waals surface area contributed by atoms with Crippen LogP contribution in [0.25, 0.3) is 4.96 Å². The van der Waals surface area contributed by atoms with Crippen LogP contribution in [0.1, 0.15) is 36.6 Å². The van der Waals surface area contributed by atoms with Crippen molar-refractivity contribution >= 4 is 21.4 Å². The smallest absolute Gasteiger partial charge is 0.275 e. The molecule has 0 bridgehead atoms. The van der Waals surface area contributed by atoms with Crippen LogP contribution in [0.15, 0.2) is 35.1 Å². The van der Waals surface area contributed by atoms with Crippen molar-refractivity contribution in [2.45, 2.75) is 45.4 Å². The number of likely N-dealkylation sites (tertiary alicyclic amines) is 1. The molecular weight excluding hydrogens is 374 g/mol. The zero-order valence-electron chi connectivity index (χ0n) is 16.0. The van der Waals surface area contributed by atoms with Gasteiger partial charge in [0, 0.05) is 37.9 Å². The van der Waals surface area contributed by atoms with E-state index < -0.39 is 0 Å². The van der Waals surface area contributed by atoms with E-state index in [0.717, 1.165) is 44.6 Å². The van der Waals surface area contributed by atoms with Crippen LogP contribution >= 0.6 is 11.3 Å². The molecule has 2 N–H and O–H groups in total. The molecule has 0 saturated carbocycles. The minimum Gasteiger partial charge on any atom is -0.393 e. The zero-order chi connectivity index (χ0) is 19.5. The molecule has 0 unspecified atom stereocenters. The molecule has 0 atom stereocenters. The van der Waals surface area contributed by atoms with Gasteiger partial charge in [-0.15, -0.1) is 5.10 Å². The number of piperidine rings is 1. The number of hydrogen-bond acceptors (Lipinski definition) is 7. The van der Waals surface area contributed by atoms with Crippen molar-refractivity contribution < 1.29 is 5.11 Å². The lowest BCUT2D eigenvalue weighted by atomic mass is 10.0. The summed E-state index contributed by atoms with van der Waals surface area (Å²) in [4.78, 5) is 19.6. The highest BCUT2D eigenvalue weighted by atomic mass is 32.1. The van der Waals surface area contributed by atoms with Crippen LogP contribution in [0.3, 0.4) is 0 Å². The summed E-state index contributed by atoms with van der Waals surface area (Å²) in [6.07, 6.45) is 2.26. The molecule has 148 valence electrons. The number of nitrogens with one attached hydrogen (secondary N) is 1. The van der Waals surface area contributed by atoms with Gasteiger partial charge in [0.2, 0.25) is 10.1 Å². The van der Waals surface area contributed by atoms with Crippen LogP contribution in [0.2, 0.25) is 0 Å². The molecule has 28 heavy (non-hydrogen) atoms. The van der Waals surface area contributed by atoms with E-state index in [1.165, 1.54) is 27.0 Å². The number of aromatic nitrogens is 3. The normalized spacial score (nSPS) is 15.9. The maximum absolute atomic E-state index is 12.2. The Kier molecular flexibility index (Phi) is 5.70. The third kappa shape index (κ3) is 4.24. The van der Waals surface area contributed by atoms with Crippen LogP contribution < -0.4 is 10.9 Å². The second-order valence-corrected chi connectivity index (χ2v) is 8.13. The first-order valence-corrected chi connectivity index (χ1v) is 10.5. The van der Waals surface area contributed by atoms with Crippen LogP contribution in [0.5, 0.6) is 0 Å². The minimum atomic E-state index is -0.155. The van der Waals surface area contributed by atoms with Gasteiger partial charge in [-0.25, -0.2) is 4.98 Å². The number of aliphatic hydroxyl groups excluding tert-OH is 1. The highest BCUT2D eigenvalue weighted by Crippen LogP contribution is 2.20. The predicted molar refractivity (Wildman–Crippen MR) is 111 cm³/mol. The number of aryl methyl sites for hydroxylation is 1. The van der Waals surface area contributed by atoms with Crippen molar-refractivity contribution in [3.63, 3.8) is 0 Å². The Morgan fingerprint density at radius 2 is 2.00 bits per heavy atom. The van der Waals surface area contributed by atoms with Gasteiger partial charge in [0.25, 0.3) is 5.56 Å². The van der Waals surface area contributed by atoms with E-state index in [9.17, 15) is 9.90 Å². The first-order chi connectivity index (χ1) is 13.6. The monoisotopic (exact) mass is 399 g/mol.